The van der Waals surface area contributed by atoms with Crippen molar-refractivity contribution in [3.8, 4) is 0 Å². The van der Waals surface area contributed by atoms with Gasteiger partial charge in [-0.05, 0) is 58.2 Å². The molecule has 0 aromatic heterocycles. The summed E-state index contributed by atoms with van der Waals surface area (Å²) in [5.74, 6) is 0.762. The number of hydrogen-bond acceptors (Lipinski definition) is 2. The van der Waals surface area contributed by atoms with E-state index in [0.29, 0.717) is 5.54 Å². The molecule has 2 unspecified atom stereocenters. The highest BCUT2D eigenvalue weighted by Gasteiger charge is 2.38. The summed E-state index contributed by atoms with van der Waals surface area (Å²) < 4.78 is 0. The highest BCUT2D eigenvalue weighted by molar-refractivity contribution is 4.97. The molecule has 2 saturated heterocycles. The molecule has 0 amide bonds. The minimum absolute atomic E-state index is 0.425. The lowest BCUT2D eigenvalue weighted by Crippen LogP contribution is -2.56. The van der Waals surface area contributed by atoms with Crippen molar-refractivity contribution in [1.29, 1.82) is 0 Å². The standard InChI is InChI=1S/C15H30N2/c1-13(2)15(9-5-6-10-16-15)12-14-8-4-7-11-17(14)3/h13-14,16H,4-12H2,1-3H3. The molecule has 2 rings (SSSR count). The molecule has 2 nitrogen and oxygen atoms in total. The van der Waals surface area contributed by atoms with Crippen LogP contribution in [0.5, 0.6) is 0 Å². The van der Waals surface area contributed by atoms with E-state index in [4.69, 9.17) is 0 Å². The summed E-state index contributed by atoms with van der Waals surface area (Å²) in [5.41, 5.74) is 0.425. The summed E-state index contributed by atoms with van der Waals surface area (Å²) >= 11 is 0. The first-order valence-corrected chi connectivity index (χ1v) is 7.59. The Balaban J connectivity index is 2.01. The molecular formula is C15H30N2. The van der Waals surface area contributed by atoms with Gasteiger partial charge in [0.2, 0.25) is 0 Å². The van der Waals surface area contributed by atoms with Crippen molar-refractivity contribution in [2.75, 3.05) is 20.1 Å². The van der Waals surface area contributed by atoms with E-state index < -0.39 is 0 Å². The number of piperidine rings is 2. The fraction of sp³-hybridized carbons (Fsp3) is 1.00. The van der Waals surface area contributed by atoms with E-state index in [0.717, 1.165) is 12.0 Å². The van der Waals surface area contributed by atoms with Gasteiger partial charge in [-0.3, -0.25) is 0 Å². The SMILES string of the molecule is CC(C)C1(CC2CCCCN2C)CCCCN1. The summed E-state index contributed by atoms with van der Waals surface area (Å²) in [4.78, 5) is 2.60. The maximum atomic E-state index is 3.87. The second-order valence-electron chi connectivity index (χ2n) is 6.53. The number of hydrogen-bond donors (Lipinski definition) is 1. The predicted octanol–water partition coefficient (Wildman–Crippen LogP) is 3.03. The minimum Gasteiger partial charge on any atom is -0.311 e. The van der Waals surface area contributed by atoms with Crippen LogP contribution in [0, 0.1) is 5.92 Å². The average molecular weight is 238 g/mol. The zero-order valence-electron chi connectivity index (χ0n) is 12.0. The zero-order chi connectivity index (χ0) is 12.3. The Morgan fingerprint density at radius 2 is 2.06 bits per heavy atom. The van der Waals surface area contributed by atoms with E-state index in [1.807, 2.05) is 0 Å². The first kappa shape index (κ1) is 13.4. The van der Waals surface area contributed by atoms with E-state index in [2.05, 4.69) is 31.1 Å². The van der Waals surface area contributed by atoms with Crippen LogP contribution in [-0.4, -0.2) is 36.6 Å². The number of nitrogens with one attached hydrogen (secondary N) is 1. The lowest BCUT2D eigenvalue weighted by molar-refractivity contribution is 0.0909. The molecule has 2 fully saturated rings. The molecule has 2 atom stereocenters. The van der Waals surface area contributed by atoms with Crippen LogP contribution in [0.4, 0.5) is 0 Å². The van der Waals surface area contributed by atoms with Gasteiger partial charge < -0.3 is 10.2 Å². The summed E-state index contributed by atoms with van der Waals surface area (Å²) in [6, 6.07) is 0.816. The zero-order valence-corrected chi connectivity index (χ0v) is 12.0. The third kappa shape index (κ3) is 3.03. The van der Waals surface area contributed by atoms with Gasteiger partial charge in [0.15, 0.2) is 0 Å². The van der Waals surface area contributed by atoms with Crippen molar-refractivity contribution >= 4 is 0 Å². The third-order valence-electron chi connectivity index (χ3n) is 5.15. The van der Waals surface area contributed by atoms with Crippen LogP contribution in [0.25, 0.3) is 0 Å². The van der Waals surface area contributed by atoms with Gasteiger partial charge in [-0.2, -0.15) is 0 Å². The molecule has 100 valence electrons. The van der Waals surface area contributed by atoms with Crippen LogP contribution in [0.3, 0.4) is 0 Å². The van der Waals surface area contributed by atoms with E-state index in [9.17, 15) is 0 Å². The molecule has 0 radical (unpaired) electrons. The molecule has 0 saturated carbocycles. The van der Waals surface area contributed by atoms with Crippen molar-refractivity contribution in [1.82, 2.24) is 10.2 Å². The monoisotopic (exact) mass is 238 g/mol. The van der Waals surface area contributed by atoms with Gasteiger partial charge in [0.1, 0.15) is 0 Å². The quantitative estimate of drug-likeness (QED) is 0.813. The fourth-order valence-corrected chi connectivity index (χ4v) is 3.72. The maximum Gasteiger partial charge on any atom is 0.0219 e. The predicted molar refractivity (Wildman–Crippen MR) is 74.3 cm³/mol. The van der Waals surface area contributed by atoms with E-state index >= 15 is 0 Å². The Hall–Kier alpha value is -0.0800. The van der Waals surface area contributed by atoms with Gasteiger partial charge in [-0.1, -0.05) is 26.7 Å². The normalized spacial score (nSPS) is 36.4. The van der Waals surface area contributed by atoms with Crippen LogP contribution in [0.1, 0.15) is 58.8 Å². The molecule has 2 aliphatic rings. The van der Waals surface area contributed by atoms with Gasteiger partial charge in [-0.15, -0.1) is 0 Å². The highest BCUT2D eigenvalue weighted by Crippen LogP contribution is 2.34. The Morgan fingerprint density at radius 3 is 2.65 bits per heavy atom. The minimum atomic E-state index is 0.425. The Morgan fingerprint density at radius 1 is 1.24 bits per heavy atom. The number of likely N-dealkylation sites (tertiary alicyclic amines) is 1. The first-order chi connectivity index (χ1) is 8.14. The topological polar surface area (TPSA) is 15.3 Å². The Kier molecular flexibility index (Phi) is 4.48. The van der Waals surface area contributed by atoms with Crippen molar-refractivity contribution < 1.29 is 0 Å². The van der Waals surface area contributed by atoms with Crippen molar-refractivity contribution in [2.45, 2.75) is 70.4 Å². The van der Waals surface area contributed by atoms with Gasteiger partial charge in [0.05, 0.1) is 0 Å². The Labute approximate surface area is 107 Å². The third-order valence-corrected chi connectivity index (χ3v) is 5.15. The summed E-state index contributed by atoms with van der Waals surface area (Å²) in [7, 11) is 2.32. The molecule has 0 aliphatic carbocycles. The molecule has 2 aliphatic heterocycles. The number of nitrogens with zero attached hydrogens (tertiary/aromatic N) is 1. The van der Waals surface area contributed by atoms with Crippen LogP contribution in [-0.2, 0) is 0 Å². The van der Waals surface area contributed by atoms with E-state index in [1.165, 1.54) is 58.0 Å². The summed E-state index contributed by atoms with van der Waals surface area (Å²) in [6.07, 6.45) is 9.78. The fourth-order valence-electron chi connectivity index (χ4n) is 3.72. The van der Waals surface area contributed by atoms with Crippen molar-refractivity contribution in [3.63, 3.8) is 0 Å². The molecular weight excluding hydrogens is 208 g/mol. The van der Waals surface area contributed by atoms with E-state index in [-0.39, 0.29) is 0 Å². The molecule has 2 heteroatoms. The lowest BCUT2D eigenvalue weighted by Gasteiger charge is -2.47. The lowest BCUT2D eigenvalue weighted by atomic mass is 9.74. The van der Waals surface area contributed by atoms with Crippen molar-refractivity contribution in [3.05, 3.63) is 0 Å². The van der Waals surface area contributed by atoms with Crippen LogP contribution >= 0.6 is 0 Å². The molecule has 0 aromatic carbocycles. The molecule has 0 bridgehead atoms. The van der Waals surface area contributed by atoms with Crippen LogP contribution in [0.15, 0.2) is 0 Å². The highest BCUT2D eigenvalue weighted by atomic mass is 15.1. The van der Waals surface area contributed by atoms with Gasteiger partial charge >= 0.3 is 0 Å². The summed E-state index contributed by atoms with van der Waals surface area (Å²) in [5, 5.41) is 3.87. The molecule has 17 heavy (non-hydrogen) atoms. The van der Waals surface area contributed by atoms with Gasteiger partial charge in [0.25, 0.3) is 0 Å². The average Bonchev–Trinajstić information content (AvgIpc) is 2.33. The number of rotatable bonds is 3. The van der Waals surface area contributed by atoms with Crippen LogP contribution < -0.4 is 5.32 Å². The second kappa shape index (κ2) is 5.71. The molecule has 0 aromatic rings. The Bertz CT molecular complexity index is 231. The van der Waals surface area contributed by atoms with Gasteiger partial charge in [0, 0.05) is 11.6 Å². The van der Waals surface area contributed by atoms with Crippen LogP contribution in [0.2, 0.25) is 0 Å². The molecule has 0 spiro atoms. The molecule has 2 heterocycles. The first-order valence-electron chi connectivity index (χ1n) is 7.59. The van der Waals surface area contributed by atoms with E-state index in [1.54, 1.807) is 0 Å². The maximum absolute atomic E-state index is 3.87. The molecule has 1 N–H and O–H groups in total. The van der Waals surface area contributed by atoms with Gasteiger partial charge in [-0.25, -0.2) is 0 Å². The smallest absolute Gasteiger partial charge is 0.0219 e. The summed E-state index contributed by atoms with van der Waals surface area (Å²) in [6.45, 7) is 7.34. The largest absolute Gasteiger partial charge is 0.311 e. The van der Waals surface area contributed by atoms with Crippen molar-refractivity contribution in [2.24, 2.45) is 5.92 Å². The second-order valence-corrected chi connectivity index (χ2v) is 6.53.